The number of unbranched alkanes of at least 4 members (excludes halogenated alkanes) is 1. The molecule has 0 aliphatic carbocycles. The minimum Gasteiger partial charge on any atom is -0.366 e. The maximum Gasteiger partial charge on any atom is 0.282 e. The molecule has 2 aromatic rings. The van der Waals surface area contributed by atoms with Crippen LogP contribution < -0.4 is 4.90 Å². The number of imide groups is 1. The highest BCUT2D eigenvalue weighted by Crippen LogP contribution is 2.36. The fourth-order valence-corrected chi connectivity index (χ4v) is 4.61. The zero-order chi connectivity index (χ0) is 22.0. The fraction of sp³-hybridized carbons (Fsp3) is 0.407. The summed E-state index contributed by atoms with van der Waals surface area (Å²) in [5.74, 6) is 0.0923. The second kappa shape index (κ2) is 9.09. The lowest BCUT2D eigenvalue weighted by atomic mass is 9.97. The molecule has 2 heterocycles. The van der Waals surface area contributed by atoms with Crippen LogP contribution in [0.5, 0.6) is 0 Å². The van der Waals surface area contributed by atoms with Crippen molar-refractivity contribution in [2.24, 2.45) is 5.92 Å². The molecule has 2 aliphatic rings. The Labute approximate surface area is 185 Å². The van der Waals surface area contributed by atoms with Gasteiger partial charge in [-0.3, -0.25) is 9.59 Å². The smallest absolute Gasteiger partial charge is 0.282 e. The van der Waals surface area contributed by atoms with Crippen molar-refractivity contribution in [2.75, 3.05) is 18.0 Å². The van der Waals surface area contributed by atoms with Gasteiger partial charge in [0.05, 0.1) is 11.3 Å². The third kappa shape index (κ3) is 4.30. The zero-order valence-corrected chi connectivity index (χ0v) is 18.9. The quantitative estimate of drug-likeness (QED) is 0.596. The molecule has 4 heteroatoms. The number of piperidine rings is 1. The molecule has 0 spiro atoms. The molecule has 31 heavy (non-hydrogen) atoms. The molecule has 0 bridgehead atoms. The summed E-state index contributed by atoms with van der Waals surface area (Å²) in [4.78, 5) is 30.8. The highest BCUT2D eigenvalue weighted by Gasteiger charge is 2.43. The molecule has 2 aromatic carbocycles. The van der Waals surface area contributed by atoms with Crippen LogP contribution in [0.15, 0.2) is 54.2 Å². The van der Waals surface area contributed by atoms with Crippen LogP contribution in [-0.2, 0) is 16.0 Å². The largest absolute Gasteiger partial charge is 0.366 e. The van der Waals surface area contributed by atoms with Crippen molar-refractivity contribution in [1.82, 2.24) is 4.90 Å². The van der Waals surface area contributed by atoms with Crippen LogP contribution in [0.4, 0.5) is 5.69 Å². The van der Waals surface area contributed by atoms with E-state index < -0.39 is 0 Å². The number of rotatable bonds is 6. The van der Waals surface area contributed by atoms with Crippen LogP contribution in [0, 0.1) is 12.8 Å². The molecule has 2 amide bonds. The van der Waals surface area contributed by atoms with Gasteiger partial charge in [-0.15, -0.1) is 0 Å². The summed E-state index contributed by atoms with van der Waals surface area (Å²) in [6.07, 6.45) is 5.50. The van der Waals surface area contributed by atoms with Gasteiger partial charge in [-0.05, 0) is 61.8 Å². The number of amides is 2. The van der Waals surface area contributed by atoms with E-state index in [1.54, 1.807) is 0 Å². The molecule has 1 fully saturated rings. The summed E-state index contributed by atoms with van der Waals surface area (Å²) in [6, 6.07) is 15.8. The average Bonchev–Trinajstić information content (AvgIpc) is 3.03. The van der Waals surface area contributed by atoms with E-state index >= 15 is 0 Å². The monoisotopic (exact) mass is 416 g/mol. The van der Waals surface area contributed by atoms with Gasteiger partial charge < -0.3 is 4.90 Å². The molecule has 162 valence electrons. The first-order valence-corrected chi connectivity index (χ1v) is 11.5. The van der Waals surface area contributed by atoms with E-state index in [9.17, 15) is 9.59 Å². The number of hydrogen-bond acceptors (Lipinski definition) is 3. The van der Waals surface area contributed by atoms with Gasteiger partial charge >= 0.3 is 0 Å². The summed E-state index contributed by atoms with van der Waals surface area (Å²) in [7, 11) is 0. The van der Waals surface area contributed by atoms with Crippen molar-refractivity contribution in [3.05, 3.63) is 70.9 Å². The number of carbonyl (C=O) groups excluding carboxylic acids is 2. The number of likely N-dealkylation sites (tertiary alicyclic amines) is 1. The average molecular weight is 417 g/mol. The molecule has 0 aromatic heterocycles. The summed E-state index contributed by atoms with van der Waals surface area (Å²) in [5.41, 5.74) is 4.94. The van der Waals surface area contributed by atoms with Gasteiger partial charge in [0.15, 0.2) is 0 Å². The molecule has 0 radical (unpaired) electrons. The fourth-order valence-electron chi connectivity index (χ4n) is 4.61. The third-order valence-electron chi connectivity index (χ3n) is 6.39. The van der Waals surface area contributed by atoms with Gasteiger partial charge in [0.1, 0.15) is 5.70 Å². The normalized spacial score (nSPS) is 19.5. The van der Waals surface area contributed by atoms with Crippen LogP contribution in [0.3, 0.4) is 0 Å². The van der Waals surface area contributed by atoms with Crippen molar-refractivity contribution in [3.63, 3.8) is 0 Å². The predicted molar refractivity (Wildman–Crippen MR) is 126 cm³/mol. The van der Waals surface area contributed by atoms with E-state index in [-0.39, 0.29) is 11.8 Å². The minimum atomic E-state index is -0.219. The SMILES string of the molecule is CCCCc1ccc(N2C(=O)C(c3ccc(C)cc3)=C(N3CCCC(C)C3)C2=O)cc1. The lowest BCUT2D eigenvalue weighted by Gasteiger charge is -2.33. The second-order valence-electron chi connectivity index (χ2n) is 9.00. The van der Waals surface area contributed by atoms with E-state index in [4.69, 9.17) is 0 Å². The summed E-state index contributed by atoms with van der Waals surface area (Å²) < 4.78 is 0. The first-order chi connectivity index (χ1) is 15.0. The van der Waals surface area contributed by atoms with Gasteiger partial charge in [0.2, 0.25) is 0 Å². The topological polar surface area (TPSA) is 40.6 Å². The van der Waals surface area contributed by atoms with Crippen molar-refractivity contribution < 1.29 is 9.59 Å². The lowest BCUT2D eigenvalue weighted by molar-refractivity contribution is -0.120. The Kier molecular flexibility index (Phi) is 6.26. The highest BCUT2D eigenvalue weighted by atomic mass is 16.2. The third-order valence-corrected chi connectivity index (χ3v) is 6.39. The van der Waals surface area contributed by atoms with Gasteiger partial charge in [-0.1, -0.05) is 62.2 Å². The summed E-state index contributed by atoms with van der Waals surface area (Å²) in [5, 5.41) is 0. The number of aryl methyl sites for hydroxylation is 2. The van der Waals surface area contributed by atoms with E-state index in [0.717, 1.165) is 56.3 Å². The highest BCUT2D eigenvalue weighted by molar-refractivity contribution is 6.45. The molecule has 1 unspecified atom stereocenters. The van der Waals surface area contributed by atoms with Gasteiger partial charge in [0.25, 0.3) is 11.8 Å². The Hall–Kier alpha value is -2.88. The van der Waals surface area contributed by atoms with E-state index in [2.05, 4.69) is 18.7 Å². The molecular formula is C27H32N2O2. The predicted octanol–water partition coefficient (Wildman–Crippen LogP) is 5.35. The number of hydrogen-bond donors (Lipinski definition) is 0. The maximum absolute atomic E-state index is 13.6. The molecule has 0 saturated carbocycles. The second-order valence-corrected chi connectivity index (χ2v) is 9.00. The summed E-state index contributed by atoms with van der Waals surface area (Å²) in [6.45, 7) is 8.05. The molecule has 0 N–H and O–H groups in total. The Morgan fingerprint density at radius 2 is 1.68 bits per heavy atom. The number of benzene rings is 2. The standard InChI is InChI=1S/C27H32N2O2/c1-4-5-8-21-11-15-23(16-12-21)29-26(30)24(22-13-9-19(2)10-14-22)25(27(29)31)28-17-6-7-20(3)18-28/h9-16,20H,4-8,17-18H2,1-3H3. The van der Waals surface area contributed by atoms with Crippen LogP contribution in [0.1, 0.15) is 56.2 Å². The molecule has 1 atom stereocenters. The van der Waals surface area contributed by atoms with Gasteiger partial charge in [-0.2, -0.15) is 0 Å². The lowest BCUT2D eigenvalue weighted by Crippen LogP contribution is -2.39. The minimum absolute atomic E-state index is 0.198. The molecule has 1 saturated heterocycles. The van der Waals surface area contributed by atoms with Crippen LogP contribution >= 0.6 is 0 Å². The Balaban J connectivity index is 1.72. The molecule has 2 aliphatic heterocycles. The van der Waals surface area contributed by atoms with Gasteiger partial charge in [-0.25, -0.2) is 4.90 Å². The zero-order valence-electron chi connectivity index (χ0n) is 18.9. The number of anilines is 1. The Morgan fingerprint density at radius 3 is 2.32 bits per heavy atom. The Bertz CT molecular complexity index is 989. The van der Waals surface area contributed by atoms with Crippen molar-refractivity contribution in [3.8, 4) is 0 Å². The number of nitrogens with zero attached hydrogens (tertiary/aromatic N) is 2. The first-order valence-electron chi connectivity index (χ1n) is 11.5. The van der Waals surface area contributed by atoms with Crippen LogP contribution in [-0.4, -0.2) is 29.8 Å². The van der Waals surface area contributed by atoms with E-state index in [1.807, 2.05) is 55.5 Å². The summed E-state index contributed by atoms with van der Waals surface area (Å²) >= 11 is 0. The number of carbonyl (C=O) groups is 2. The van der Waals surface area contributed by atoms with E-state index in [1.165, 1.54) is 10.5 Å². The van der Waals surface area contributed by atoms with Crippen LogP contribution in [0.25, 0.3) is 5.57 Å². The molecule has 4 rings (SSSR count). The van der Waals surface area contributed by atoms with Gasteiger partial charge in [0, 0.05) is 13.1 Å². The van der Waals surface area contributed by atoms with Crippen molar-refractivity contribution in [1.29, 1.82) is 0 Å². The van der Waals surface area contributed by atoms with Crippen molar-refractivity contribution in [2.45, 2.75) is 52.9 Å². The maximum atomic E-state index is 13.6. The molecular weight excluding hydrogens is 384 g/mol. The van der Waals surface area contributed by atoms with E-state index in [0.29, 0.717) is 22.9 Å². The van der Waals surface area contributed by atoms with Crippen LogP contribution in [0.2, 0.25) is 0 Å². The Morgan fingerprint density at radius 1 is 0.968 bits per heavy atom. The van der Waals surface area contributed by atoms with Crippen molar-refractivity contribution >= 4 is 23.1 Å². The molecule has 4 nitrogen and oxygen atoms in total. The first kappa shape index (κ1) is 21.4.